The third-order valence-electron chi connectivity index (χ3n) is 4.63. The molecule has 0 radical (unpaired) electrons. The van der Waals surface area contributed by atoms with Crippen molar-refractivity contribution in [1.82, 2.24) is 0 Å². The van der Waals surface area contributed by atoms with Gasteiger partial charge in [-0.1, -0.05) is 65.2 Å². The van der Waals surface area contributed by atoms with Gasteiger partial charge in [-0.05, 0) is 41.7 Å². The van der Waals surface area contributed by atoms with Crippen LogP contribution >= 0.6 is 34.8 Å². The van der Waals surface area contributed by atoms with Gasteiger partial charge in [-0.25, -0.2) is 0 Å². The molecule has 2 aromatic rings. The summed E-state index contributed by atoms with van der Waals surface area (Å²) in [6.07, 6.45) is 5.59. The highest BCUT2D eigenvalue weighted by Gasteiger charge is 2.38. The molecule has 0 fully saturated rings. The molecule has 22 heavy (non-hydrogen) atoms. The van der Waals surface area contributed by atoms with Gasteiger partial charge in [-0.15, -0.1) is 0 Å². The van der Waals surface area contributed by atoms with Crippen LogP contribution in [-0.4, -0.2) is 0 Å². The van der Waals surface area contributed by atoms with E-state index in [1.807, 2.05) is 24.3 Å². The zero-order valence-corrected chi connectivity index (χ0v) is 14.0. The summed E-state index contributed by atoms with van der Waals surface area (Å²) in [4.78, 5) is 0. The maximum absolute atomic E-state index is 6.44. The minimum absolute atomic E-state index is 0.183. The second-order valence-electron chi connectivity index (χ2n) is 5.86. The van der Waals surface area contributed by atoms with E-state index in [9.17, 15) is 0 Å². The lowest BCUT2D eigenvalue weighted by Gasteiger charge is -2.38. The molecule has 2 aromatic carbocycles. The summed E-state index contributed by atoms with van der Waals surface area (Å²) in [5, 5.41) is 5.54. The summed E-state index contributed by atoms with van der Waals surface area (Å²) in [5.41, 5.74) is 3.37. The van der Waals surface area contributed by atoms with Crippen LogP contribution in [0.15, 0.2) is 48.6 Å². The topological polar surface area (TPSA) is 12.0 Å². The Balaban J connectivity index is 1.84. The largest absolute Gasteiger partial charge is 0.376 e. The zero-order chi connectivity index (χ0) is 15.3. The highest BCUT2D eigenvalue weighted by molar-refractivity contribution is 6.43. The number of fused-ring (bicyclic) bond motifs is 3. The van der Waals surface area contributed by atoms with Gasteiger partial charge in [-0.2, -0.15) is 0 Å². The van der Waals surface area contributed by atoms with E-state index >= 15 is 0 Å². The molecule has 1 aliphatic heterocycles. The molecule has 3 unspecified atom stereocenters. The number of rotatable bonds is 1. The fraction of sp³-hybridized carbons (Fsp3) is 0.222. The normalized spacial score (nSPS) is 25.5. The van der Waals surface area contributed by atoms with Crippen LogP contribution in [0.4, 0.5) is 5.69 Å². The maximum atomic E-state index is 6.44. The maximum Gasteiger partial charge on any atom is 0.0826 e. The third kappa shape index (κ3) is 2.23. The van der Waals surface area contributed by atoms with Gasteiger partial charge in [0.15, 0.2) is 0 Å². The average molecular weight is 351 g/mol. The first-order valence-electron chi connectivity index (χ1n) is 7.31. The highest BCUT2D eigenvalue weighted by Crippen LogP contribution is 2.52. The molecule has 0 saturated heterocycles. The van der Waals surface area contributed by atoms with Crippen LogP contribution in [0, 0.1) is 5.92 Å². The summed E-state index contributed by atoms with van der Waals surface area (Å²) in [6.45, 7) is 0. The summed E-state index contributed by atoms with van der Waals surface area (Å²) in [7, 11) is 0. The van der Waals surface area contributed by atoms with E-state index in [1.165, 1.54) is 11.1 Å². The Labute approximate surface area is 144 Å². The molecule has 1 nitrogen and oxygen atoms in total. The SMILES string of the molecule is Clc1cccc(C2Nc3c(ccc(Cl)c3Cl)C3C=CCC32)c1. The number of hydrogen-bond acceptors (Lipinski definition) is 1. The summed E-state index contributed by atoms with van der Waals surface area (Å²) in [6, 6.07) is 12.2. The van der Waals surface area contributed by atoms with Crippen molar-refractivity contribution >= 4 is 40.5 Å². The standard InChI is InChI=1S/C18H14Cl3N/c19-11-4-1-3-10(9-11)17-13-6-2-5-12(13)14-7-8-15(20)16(21)18(14)22-17/h1-5,7-9,12-13,17,22H,6H2. The summed E-state index contributed by atoms with van der Waals surface area (Å²) in [5.74, 6) is 0.846. The number of benzene rings is 2. The number of anilines is 1. The predicted molar refractivity (Wildman–Crippen MR) is 94.3 cm³/mol. The fourth-order valence-electron chi connectivity index (χ4n) is 3.63. The van der Waals surface area contributed by atoms with Gasteiger partial charge in [0.2, 0.25) is 0 Å². The zero-order valence-electron chi connectivity index (χ0n) is 11.7. The lowest BCUT2D eigenvalue weighted by molar-refractivity contribution is 0.425. The first-order chi connectivity index (χ1) is 10.6. The van der Waals surface area contributed by atoms with E-state index in [0.717, 1.165) is 17.1 Å². The lowest BCUT2D eigenvalue weighted by Crippen LogP contribution is -2.29. The van der Waals surface area contributed by atoms with Crippen LogP contribution in [-0.2, 0) is 0 Å². The van der Waals surface area contributed by atoms with Crippen molar-refractivity contribution in [2.24, 2.45) is 5.92 Å². The van der Waals surface area contributed by atoms with E-state index < -0.39 is 0 Å². The van der Waals surface area contributed by atoms with Crippen LogP contribution in [0.2, 0.25) is 15.1 Å². The monoisotopic (exact) mass is 349 g/mol. The molecule has 112 valence electrons. The van der Waals surface area contributed by atoms with Crippen LogP contribution in [0.3, 0.4) is 0 Å². The Morgan fingerprint density at radius 2 is 1.91 bits per heavy atom. The van der Waals surface area contributed by atoms with Crippen molar-refractivity contribution in [2.45, 2.75) is 18.4 Å². The summed E-state index contributed by atoms with van der Waals surface area (Å²) >= 11 is 18.8. The van der Waals surface area contributed by atoms with E-state index in [4.69, 9.17) is 34.8 Å². The predicted octanol–water partition coefficient (Wildman–Crippen LogP) is 6.47. The van der Waals surface area contributed by atoms with Gasteiger partial charge in [0.25, 0.3) is 0 Å². The van der Waals surface area contributed by atoms with Gasteiger partial charge in [0, 0.05) is 10.9 Å². The first-order valence-corrected chi connectivity index (χ1v) is 8.45. The molecule has 1 heterocycles. The van der Waals surface area contributed by atoms with E-state index in [1.54, 1.807) is 0 Å². The quantitative estimate of drug-likeness (QED) is 0.581. The Hall–Kier alpha value is -1.15. The van der Waals surface area contributed by atoms with Crippen molar-refractivity contribution in [3.8, 4) is 0 Å². The van der Waals surface area contributed by atoms with Crippen LogP contribution in [0.1, 0.15) is 29.5 Å². The summed E-state index contributed by atoms with van der Waals surface area (Å²) < 4.78 is 0. The molecule has 0 spiro atoms. The second-order valence-corrected chi connectivity index (χ2v) is 7.08. The van der Waals surface area contributed by atoms with Crippen molar-refractivity contribution in [2.75, 3.05) is 5.32 Å². The molecule has 0 amide bonds. The molecule has 2 aliphatic rings. The molecule has 1 N–H and O–H groups in total. The van der Waals surface area contributed by atoms with Gasteiger partial charge in [0.1, 0.15) is 0 Å². The molecular formula is C18H14Cl3N. The second kappa shape index (κ2) is 5.49. The molecule has 0 bridgehead atoms. The molecule has 4 heteroatoms. The molecule has 0 saturated carbocycles. The van der Waals surface area contributed by atoms with Crippen LogP contribution in [0.5, 0.6) is 0 Å². The molecular weight excluding hydrogens is 337 g/mol. The van der Waals surface area contributed by atoms with Crippen molar-refractivity contribution < 1.29 is 0 Å². The van der Waals surface area contributed by atoms with Gasteiger partial charge >= 0.3 is 0 Å². The highest BCUT2D eigenvalue weighted by atomic mass is 35.5. The van der Waals surface area contributed by atoms with Crippen molar-refractivity contribution in [3.63, 3.8) is 0 Å². The van der Waals surface area contributed by atoms with E-state index in [-0.39, 0.29) is 6.04 Å². The van der Waals surface area contributed by atoms with Crippen molar-refractivity contribution in [1.29, 1.82) is 0 Å². The van der Waals surface area contributed by atoms with Gasteiger partial charge < -0.3 is 5.32 Å². The van der Waals surface area contributed by atoms with Crippen molar-refractivity contribution in [3.05, 3.63) is 74.7 Å². The van der Waals surface area contributed by atoms with E-state index in [0.29, 0.717) is 21.9 Å². The van der Waals surface area contributed by atoms with E-state index in [2.05, 4.69) is 29.6 Å². The fourth-order valence-corrected chi connectivity index (χ4v) is 4.22. The molecule has 1 aliphatic carbocycles. The number of halogens is 3. The smallest absolute Gasteiger partial charge is 0.0826 e. The minimum Gasteiger partial charge on any atom is -0.376 e. The third-order valence-corrected chi connectivity index (χ3v) is 5.67. The van der Waals surface area contributed by atoms with Gasteiger partial charge in [-0.3, -0.25) is 0 Å². The van der Waals surface area contributed by atoms with Gasteiger partial charge in [0.05, 0.1) is 21.8 Å². The Bertz CT molecular complexity index is 769. The molecule has 3 atom stereocenters. The lowest BCUT2D eigenvalue weighted by atomic mass is 9.77. The van der Waals surface area contributed by atoms with Crippen LogP contribution in [0.25, 0.3) is 0 Å². The number of hydrogen-bond donors (Lipinski definition) is 1. The Kier molecular flexibility index (Phi) is 3.60. The first kappa shape index (κ1) is 14.4. The number of allylic oxidation sites excluding steroid dienone is 2. The minimum atomic E-state index is 0.183. The number of nitrogens with one attached hydrogen (secondary N) is 1. The Morgan fingerprint density at radius 3 is 2.73 bits per heavy atom. The molecule has 0 aromatic heterocycles. The Morgan fingerprint density at radius 1 is 1.05 bits per heavy atom. The molecule has 4 rings (SSSR count). The van der Waals surface area contributed by atoms with Crippen LogP contribution < -0.4 is 5.32 Å². The average Bonchev–Trinajstić information content (AvgIpc) is 3.00.